The van der Waals surface area contributed by atoms with Crippen molar-refractivity contribution in [3.63, 3.8) is 0 Å². The third-order valence-corrected chi connectivity index (χ3v) is 5.45. The molecule has 176 valence electrons. The SMILES string of the molecule is CN=C(NCc1cccnc1Oc1cccc(F)c1)NCC(c1ccco1)N1CCCC1.I. The molecule has 0 bridgehead atoms. The summed E-state index contributed by atoms with van der Waals surface area (Å²) in [6.45, 7) is 3.26. The molecule has 1 aliphatic rings. The van der Waals surface area contributed by atoms with Gasteiger partial charge in [0.2, 0.25) is 5.88 Å². The number of furan rings is 1. The van der Waals surface area contributed by atoms with Gasteiger partial charge in [0.25, 0.3) is 0 Å². The molecule has 1 unspecified atom stereocenters. The molecule has 2 aromatic heterocycles. The number of likely N-dealkylation sites (tertiary alicyclic amines) is 1. The lowest BCUT2D eigenvalue weighted by molar-refractivity contribution is 0.215. The van der Waals surface area contributed by atoms with E-state index in [1.54, 1.807) is 31.6 Å². The second-order valence-corrected chi connectivity index (χ2v) is 7.61. The Morgan fingerprint density at radius 2 is 2.03 bits per heavy atom. The topological polar surface area (TPSA) is 74.9 Å². The van der Waals surface area contributed by atoms with Crippen LogP contribution in [0.5, 0.6) is 11.6 Å². The van der Waals surface area contributed by atoms with Crippen molar-refractivity contribution in [2.45, 2.75) is 25.4 Å². The molecule has 1 aromatic carbocycles. The van der Waals surface area contributed by atoms with E-state index in [1.807, 2.05) is 24.3 Å². The first kappa shape index (κ1) is 25.0. The summed E-state index contributed by atoms with van der Waals surface area (Å²) in [5, 5.41) is 6.72. The highest BCUT2D eigenvalue weighted by Crippen LogP contribution is 2.25. The molecule has 1 atom stereocenters. The third kappa shape index (κ3) is 6.91. The van der Waals surface area contributed by atoms with E-state index in [1.165, 1.54) is 25.0 Å². The Kier molecular flexibility index (Phi) is 9.49. The van der Waals surface area contributed by atoms with Crippen LogP contribution in [0.1, 0.15) is 30.2 Å². The molecule has 0 spiro atoms. The number of rotatable bonds is 8. The van der Waals surface area contributed by atoms with Crippen molar-refractivity contribution in [2.75, 3.05) is 26.7 Å². The van der Waals surface area contributed by atoms with Gasteiger partial charge in [-0.3, -0.25) is 9.89 Å². The summed E-state index contributed by atoms with van der Waals surface area (Å²) in [4.78, 5) is 11.1. The van der Waals surface area contributed by atoms with Crippen LogP contribution in [0, 0.1) is 5.82 Å². The van der Waals surface area contributed by atoms with Crippen molar-refractivity contribution < 1.29 is 13.5 Å². The maximum atomic E-state index is 13.5. The molecule has 1 fully saturated rings. The van der Waals surface area contributed by atoms with Crippen LogP contribution in [0.2, 0.25) is 0 Å². The molecule has 0 amide bonds. The van der Waals surface area contributed by atoms with Crippen LogP contribution in [0.3, 0.4) is 0 Å². The molecular weight excluding hydrogens is 536 g/mol. The van der Waals surface area contributed by atoms with Crippen LogP contribution in [0.15, 0.2) is 70.4 Å². The molecule has 1 saturated heterocycles. The monoisotopic (exact) mass is 565 g/mol. The molecule has 0 radical (unpaired) electrons. The predicted octanol–water partition coefficient (Wildman–Crippen LogP) is 4.73. The molecule has 3 aromatic rings. The van der Waals surface area contributed by atoms with E-state index >= 15 is 0 Å². The lowest BCUT2D eigenvalue weighted by atomic mass is 10.2. The number of nitrogens with zero attached hydrogens (tertiary/aromatic N) is 3. The van der Waals surface area contributed by atoms with Crippen molar-refractivity contribution in [1.29, 1.82) is 0 Å². The van der Waals surface area contributed by atoms with Crippen LogP contribution >= 0.6 is 24.0 Å². The van der Waals surface area contributed by atoms with Crippen molar-refractivity contribution in [2.24, 2.45) is 4.99 Å². The van der Waals surface area contributed by atoms with Crippen LogP contribution in [0.4, 0.5) is 4.39 Å². The number of pyridine rings is 1. The summed E-state index contributed by atoms with van der Waals surface area (Å²) in [5.74, 6) is 2.09. The average Bonchev–Trinajstić information content (AvgIpc) is 3.52. The van der Waals surface area contributed by atoms with Crippen LogP contribution in [-0.2, 0) is 6.54 Å². The fourth-order valence-corrected chi connectivity index (χ4v) is 3.83. The second-order valence-electron chi connectivity index (χ2n) is 7.61. The lowest BCUT2D eigenvalue weighted by Gasteiger charge is -2.26. The highest BCUT2D eigenvalue weighted by atomic mass is 127. The third-order valence-electron chi connectivity index (χ3n) is 5.45. The standard InChI is InChI=1S/C24H28FN5O2.HI/c1-26-24(29-17-21(22-10-6-14-31-22)30-12-2-3-13-30)28-16-18-7-5-11-27-23(18)32-20-9-4-8-19(25)15-20;/h4-11,14-15,21H,2-3,12-13,16-17H2,1H3,(H2,26,28,29);1H. The highest BCUT2D eigenvalue weighted by molar-refractivity contribution is 14.0. The summed E-state index contributed by atoms with van der Waals surface area (Å²) in [5.41, 5.74) is 0.835. The van der Waals surface area contributed by atoms with Gasteiger partial charge in [-0.25, -0.2) is 9.37 Å². The van der Waals surface area contributed by atoms with Gasteiger partial charge in [-0.15, -0.1) is 24.0 Å². The molecule has 3 heterocycles. The summed E-state index contributed by atoms with van der Waals surface area (Å²) in [6, 6.07) is 13.9. The van der Waals surface area contributed by atoms with E-state index in [-0.39, 0.29) is 35.8 Å². The fraction of sp³-hybridized carbons (Fsp3) is 0.333. The minimum Gasteiger partial charge on any atom is -0.468 e. The quantitative estimate of drug-likeness (QED) is 0.234. The summed E-state index contributed by atoms with van der Waals surface area (Å²) in [7, 11) is 1.74. The molecule has 33 heavy (non-hydrogen) atoms. The first-order valence-corrected chi connectivity index (χ1v) is 10.8. The number of aliphatic imine (C=N–C) groups is 1. The van der Waals surface area contributed by atoms with Crippen molar-refractivity contribution in [3.05, 3.63) is 78.1 Å². The number of halogens is 2. The van der Waals surface area contributed by atoms with Crippen molar-refractivity contribution in [1.82, 2.24) is 20.5 Å². The van der Waals surface area contributed by atoms with Gasteiger partial charge in [0, 0.05) is 38.0 Å². The Hall–Kier alpha value is -2.66. The van der Waals surface area contributed by atoms with Crippen molar-refractivity contribution in [3.8, 4) is 11.6 Å². The Morgan fingerprint density at radius 3 is 2.76 bits per heavy atom. The van der Waals surface area contributed by atoms with E-state index in [9.17, 15) is 4.39 Å². The zero-order valence-electron chi connectivity index (χ0n) is 18.5. The predicted molar refractivity (Wildman–Crippen MR) is 137 cm³/mol. The van der Waals surface area contributed by atoms with Crippen LogP contribution < -0.4 is 15.4 Å². The average molecular weight is 565 g/mol. The molecule has 2 N–H and O–H groups in total. The molecule has 7 nitrogen and oxygen atoms in total. The number of nitrogens with one attached hydrogen (secondary N) is 2. The lowest BCUT2D eigenvalue weighted by Crippen LogP contribution is -2.42. The van der Waals surface area contributed by atoms with Gasteiger partial charge in [-0.2, -0.15) is 0 Å². The molecule has 0 saturated carbocycles. The normalized spacial score (nSPS) is 15.0. The second kappa shape index (κ2) is 12.5. The van der Waals surface area contributed by atoms with E-state index in [0.717, 1.165) is 24.4 Å². The Labute approximate surface area is 210 Å². The fourth-order valence-electron chi connectivity index (χ4n) is 3.83. The van der Waals surface area contributed by atoms with Crippen LogP contribution in [0.25, 0.3) is 0 Å². The zero-order chi connectivity index (χ0) is 22.2. The first-order chi connectivity index (χ1) is 15.7. The number of guanidine groups is 1. The van der Waals surface area contributed by atoms with Gasteiger partial charge in [-0.1, -0.05) is 12.1 Å². The highest BCUT2D eigenvalue weighted by Gasteiger charge is 2.25. The van der Waals surface area contributed by atoms with E-state index in [0.29, 0.717) is 30.7 Å². The Bertz CT molecular complexity index is 1030. The van der Waals surface area contributed by atoms with E-state index in [4.69, 9.17) is 9.15 Å². The molecule has 4 rings (SSSR count). The number of hydrogen-bond donors (Lipinski definition) is 2. The number of aromatic nitrogens is 1. The van der Waals surface area contributed by atoms with Crippen LogP contribution in [-0.4, -0.2) is 42.5 Å². The molecule has 9 heteroatoms. The number of benzene rings is 1. The molecular formula is C24H29FIN5O2. The van der Waals surface area contributed by atoms with Gasteiger partial charge in [0.05, 0.1) is 12.3 Å². The van der Waals surface area contributed by atoms with E-state index < -0.39 is 0 Å². The minimum absolute atomic E-state index is 0. The largest absolute Gasteiger partial charge is 0.468 e. The van der Waals surface area contributed by atoms with Gasteiger partial charge < -0.3 is 19.8 Å². The summed E-state index contributed by atoms with van der Waals surface area (Å²) < 4.78 is 25.0. The van der Waals surface area contributed by atoms with Gasteiger partial charge in [-0.05, 0) is 56.3 Å². The maximum absolute atomic E-state index is 13.5. The summed E-state index contributed by atoms with van der Waals surface area (Å²) >= 11 is 0. The number of ether oxygens (including phenoxy) is 1. The van der Waals surface area contributed by atoms with Gasteiger partial charge >= 0.3 is 0 Å². The number of hydrogen-bond acceptors (Lipinski definition) is 5. The Morgan fingerprint density at radius 1 is 1.18 bits per heavy atom. The van der Waals surface area contributed by atoms with Gasteiger partial charge in [0.15, 0.2) is 5.96 Å². The smallest absolute Gasteiger partial charge is 0.224 e. The maximum Gasteiger partial charge on any atom is 0.224 e. The summed E-state index contributed by atoms with van der Waals surface area (Å²) in [6.07, 6.45) is 5.78. The Balaban J connectivity index is 0.00000306. The van der Waals surface area contributed by atoms with E-state index in [2.05, 4.69) is 25.5 Å². The minimum atomic E-state index is -0.355. The zero-order valence-corrected chi connectivity index (χ0v) is 20.9. The molecule has 1 aliphatic heterocycles. The first-order valence-electron chi connectivity index (χ1n) is 10.8. The van der Waals surface area contributed by atoms with Gasteiger partial charge in [0.1, 0.15) is 17.3 Å². The van der Waals surface area contributed by atoms with Crippen molar-refractivity contribution >= 4 is 29.9 Å². The molecule has 0 aliphatic carbocycles.